The van der Waals surface area contributed by atoms with E-state index in [1.807, 2.05) is 30.3 Å². The standard InChI is InChI=1S/C19H18BrNO3/c1-23-19(22)12-4-2-11(3-5-12)17-14-8-9-24-18(14)15-10-13(20)6-7-16(15)21-17/h2-7,10,14,17-18,21H,8-9H2,1H3/t14-,17?,18-/m0/s1. The zero-order chi connectivity index (χ0) is 16.7. The van der Waals surface area contributed by atoms with Crippen molar-refractivity contribution < 1.29 is 14.3 Å². The number of nitrogens with one attached hydrogen (secondary N) is 1. The molecule has 2 aliphatic rings. The molecule has 2 heterocycles. The van der Waals surface area contributed by atoms with Crippen LogP contribution in [-0.2, 0) is 9.47 Å². The van der Waals surface area contributed by atoms with Gasteiger partial charge in [0.05, 0.1) is 24.8 Å². The first-order chi connectivity index (χ1) is 11.7. The van der Waals surface area contributed by atoms with Gasteiger partial charge in [0.1, 0.15) is 0 Å². The number of anilines is 1. The Balaban J connectivity index is 1.68. The van der Waals surface area contributed by atoms with Crippen LogP contribution in [0.1, 0.15) is 40.1 Å². The van der Waals surface area contributed by atoms with Gasteiger partial charge >= 0.3 is 5.97 Å². The van der Waals surface area contributed by atoms with Gasteiger partial charge in [-0.25, -0.2) is 4.79 Å². The molecule has 2 aliphatic heterocycles. The number of carbonyl (C=O) groups excluding carboxylic acids is 1. The highest BCUT2D eigenvalue weighted by molar-refractivity contribution is 9.10. The zero-order valence-corrected chi connectivity index (χ0v) is 14.9. The maximum atomic E-state index is 11.6. The lowest BCUT2D eigenvalue weighted by Gasteiger charge is -2.36. The molecule has 0 aromatic heterocycles. The lowest BCUT2D eigenvalue weighted by Crippen LogP contribution is -2.29. The van der Waals surface area contributed by atoms with Crippen LogP contribution < -0.4 is 5.32 Å². The van der Waals surface area contributed by atoms with Crippen LogP contribution in [0, 0.1) is 5.92 Å². The highest BCUT2D eigenvalue weighted by Gasteiger charge is 2.41. The van der Waals surface area contributed by atoms with Crippen molar-refractivity contribution in [3.05, 3.63) is 63.6 Å². The summed E-state index contributed by atoms with van der Waals surface area (Å²) < 4.78 is 11.9. The number of hydrogen-bond donors (Lipinski definition) is 1. The third kappa shape index (κ3) is 2.62. The molecule has 1 saturated heterocycles. The Morgan fingerprint density at radius 1 is 1.25 bits per heavy atom. The molecule has 2 aromatic carbocycles. The topological polar surface area (TPSA) is 47.6 Å². The Labute approximate surface area is 149 Å². The fourth-order valence-electron chi connectivity index (χ4n) is 3.72. The van der Waals surface area contributed by atoms with Gasteiger partial charge in [-0.1, -0.05) is 28.1 Å². The number of halogens is 1. The van der Waals surface area contributed by atoms with E-state index < -0.39 is 0 Å². The summed E-state index contributed by atoms with van der Waals surface area (Å²) in [7, 11) is 1.40. The predicted molar refractivity (Wildman–Crippen MR) is 95.1 cm³/mol. The van der Waals surface area contributed by atoms with Crippen LogP contribution in [0.4, 0.5) is 5.69 Å². The summed E-state index contributed by atoms with van der Waals surface area (Å²) in [4.78, 5) is 11.6. The molecule has 5 heteroatoms. The largest absolute Gasteiger partial charge is 0.465 e. The minimum absolute atomic E-state index is 0.115. The Hall–Kier alpha value is -1.85. The Morgan fingerprint density at radius 3 is 2.79 bits per heavy atom. The van der Waals surface area contributed by atoms with Crippen LogP contribution in [0.25, 0.3) is 0 Å². The quantitative estimate of drug-likeness (QED) is 0.771. The van der Waals surface area contributed by atoms with Crippen LogP contribution in [0.2, 0.25) is 0 Å². The van der Waals surface area contributed by atoms with Gasteiger partial charge in [0.2, 0.25) is 0 Å². The fourth-order valence-corrected chi connectivity index (χ4v) is 4.10. The Kier molecular flexibility index (Phi) is 4.06. The van der Waals surface area contributed by atoms with Gasteiger partial charge in [-0.2, -0.15) is 0 Å². The molecular formula is C19H18BrNO3. The maximum absolute atomic E-state index is 11.6. The zero-order valence-electron chi connectivity index (χ0n) is 13.3. The van der Waals surface area contributed by atoms with Gasteiger partial charge in [0.15, 0.2) is 0 Å². The summed E-state index contributed by atoms with van der Waals surface area (Å²) >= 11 is 3.55. The second-order valence-corrected chi connectivity index (χ2v) is 7.13. The lowest BCUT2D eigenvalue weighted by atomic mass is 9.81. The van der Waals surface area contributed by atoms with E-state index in [9.17, 15) is 4.79 Å². The molecule has 0 aliphatic carbocycles. The average molecular weight is 388 g/mol. The van der Waals surface area contributed by atoms with Crippen LogP contribution in [0.3, 0.4) is 0 Å². The van der Waals surface area contributed by atoms with Gasteiger partial charge in [0.25, 0.3) is 0 Å². The SMILES string of the molecule is COC(=O)c1ccc(C2Nc3ccc(Br)cc3[C@H]3OCC[C@@H]23)cc1. The second kappa shape index (κ2) is 6.22. The highest BCUT2D eigenvalue weighted by atomic mass is 79.9. The Bertz CT molecular complexity index is 775. The van der Waals surface area contributed by atoms with Crippen LogP contribution in [0.5, 0.6) is 0 Å². The molecule has 4 nitrogen and oxygen atoms in total. The number of benzene rings is 2. The van der Waals surface area contributed by atoms with E-state index in [0.29, 0.717) is 11.5 Å². The summed E-state index contributed by atoms with van der Waals surface area (Å²) in [5.74, 6) is 0.0752. The smallest absolute Gasteiger partial charge is 0.337 e. The van der Waals surface area contributed by atoms with E-state index in [2.05, 4.69) is 33.4 Å². The first kappa shape index (κ1) is 15.7. The van der Waals surface area contributed by atoms with Crippen molar-refractivity contribution in [2.75, 3.05) is 19.0 Å². The molecule has 124 valence electrons. The number of rotatable bonds is 2. The van der Waals surface area contributed by atoms with E-state index in [4.69, 9.17) is 9.47 Å². The van der Waals surface area contributed by atoms with Crippen LogP contribution in [0.15, 0.2) is 46.9 Å². The normalized spacial score (nSPS) is 24.7. The molecule has 0 radical (unpaired) electrons. The molecule has 1 N–H and O–H groups in total. The first-order valence-electron chi connectivity index (χ1n) is 8.03. The minimum Gasteiger partial charge on any atom is -0.465 e. The van der Waals surface area contributed by atoms with Gasteiger partial charge in [-0.15, -0.1) is 0 Å². The van der Waals surface area contributed by atoms with Crippen LogP contribution >= 0.6 is 15.9 Å². The molecular weight excluding hydrogens is 370 g/mol. The summed E-state index contributed by atoms with van der Waals surface area (Å²) in [5.41, 5.74) is 4.06. The first-order valence-corrected chi connectivity index (χ1v) is 8.82. The van der Waals surface area contributed by atoms with Crippen LogP contribution in [-0.4, -0.2) is 19.7 Å². The summed E-state index contributed by atoms with van der Waals surface area (Å²) in [6, 6.07) is 14.1. The Morgan fingerprint density at radius 2 is 2.04 bits per heavy atom. The van der Waals surface area contributed by atoms with Crippen molar-refractivity contribution in [1.29, 1.82) is 0 Å². The maximum Gasteiger partial charge on any atom is 0.337 e. The molecule has 3 atom stereocenters. The number of ether oxygens (including phenoxy) is 2. The summed E-state index contributed by atoms with van der Waals surface area (Å²) in [5, 5.41) is 3.66. The van der Waals surface area contributed by atoms with Crippen molar-refractivity contribution in [1.82, 2.24) is 0 Å². The highest BCUT2D eigenvalue weighted by Crippen LogP contribution is 2.50. The van der Waals surface area contributed by atoms with Crippen molar-refractivity contribution in [3.63, 3.8) is 0 Å². The number of hydrogen-bond acceptors (Lipinski definition) is 4. The van der Waals surface area contributed by atoms with E-state index in [1.54, 1.807) is 0 Å². The molecule has 1 unspecified atom stereocenters. The van der Waals surface area contributed by atoms with Crippen molar-refractivity contribution >= 4 is 27.6 Å². The van der Waals surface area contributed by atoms with E-state index in [1.165, 1.54) is 12.7 Å². The number of methoxy groups -OCH3 is 1. The molecule has 2 aromatic rings. The molecule has 24 heavy (non-hydrogen) atoms. The average Bonchev–Trinajstić information content (AvgIpc) is 3.11. The predicted octanol–water partition coefficient (Wildman–Crippen LogP) is 4.48. The molecule has 0 saturated carbocycles. The lowest BCUT2D eigenvalue weighted by molar-refractivity contribution is 0.0600. The molecule has 0 bridgehead atoms. The number of carbonyl (C=O) groups is 1. The van der Waals surface area contributed by atoms with Gasteiger partial charge in [-0.05, 0) is 42.3 Å². The molecule has 0 spiro atoms. The van der Waals surface area contributed by atoms with Crippen molar-refractivity contribution in [3.8, 4) is 0 Å². The number of esters is 1. The molecule has 1 fully saturated rings. The van der Waals surface area contributed by atoms with Gasteiger partial charge < -0.3 is 14.8 Å². The molecule has 4 rings (SSSR count). The van der Waals surface area contributed by atoms with Crippen molar-refractivity contribution in [2.45, 2.75) is 18.6 Å². The number of fused-ring (bicyclic) bond motifs is 3. The summed E-state index contributed by atoms with van der Waals surface area (Å²) in [6.45, 7) is 0.777. The van der Waals surface area contributed by atoms with Gasteiger partial charge in [-0.3, -0.25) is 0 Å². The fraction of sp³-hybridized carbons (Fsp3) is 0.316. The second-order valence-electron chi connectivity index (χ2n) is 6.21. The van der Waals surface area contributed by atoms with Crippen molar-refractivity contribution in [2.24, 2.45) is 5.92 Å². The monoisotopic (exact) mass is 387 g/mol. The van der Waals surface area contributed by atoms with E-state index in [-0.39, 0.29) is 18.1 Å². The van der Waals surface area contributed by atoms with E-state index >= 15 is 0 Å². The minimum atomic E-state index is -0.310. The third-order valence-electron chi connectivity index (χ3n) is 4.89. The third-order valence-corrected chi connectivity index (χ3v) is 5.38. The van der Waals surface area contributed by atoms with Gasteiger partial charge in [0, 0.05) is 28.2 Å². The van der Waals surface area contributed by atoms with E-state index in [0.717, 1.165) is 28.8 Å². The molecule has 0 amide bonds. The summed E-state index contributed by atoms with van der Waals surface area (Å²) in [6.07, 6.45) is 1.14.